The quantitative estimate of drug-likeness (QED) is 0.750. The number of carbonyl (C=O) groups is 2. The van der Waals surface area contributed by atoms with Crippen molar-refractivity contribution in [2.24, 2.45) is 34.8 Å². The van der Waals surface area contributed by atoms with Crippen LogP contribution in [0, 0.1) is 29.1 Å². The first-order valence-corrected chi connectivity index (χ1v) is 11.5. The summed E-state index contributed by atoms with van der Waals surface area (Å²) in [7, 11) is 0. The fourth-order valence-corrected chi connectivity index (χ4v) is 7.33. The molecular weight excluding hydrogens is 390 g/mol. The van der Waals surface area contributed by atoms with Crippen molar-refractivity contribution < 1.29 is 14.3 Å². The van der Waals surface area contributed by atoms with Gasteiger partial charge >= 0.3 is 0 Å². The second kappa shape index (κ2) is 8.35. The van der Waals surface area contributed by atoms with E-state index < -0.39 is 6.04 Å². The van der Waals surface area contributed by atoms with Crippen molar-refractivity contribution in [3.8, 4) is 0 Å². The van der Waals surface area contributed by atoms with E-state index in [0.717, 1.165) is 49.9 Å². The zero-order valence-corrected chi connectivity index (χ0v) is 18.2. The van der Waals surface area contributed by atoms with Gasteiger partial charge in [-0.15, -0.1) is 12.4 Å². The second-order valence-electron chi connectivity index (χ2n) is 10.3. The van der Waals surface area contributed by atoms with Crippen molar-refractivity contribution in [3.05, 3.63) is 0 Å². The van der Waals surface area contributed by atoms with Gasteiger partial charge in [-0.1, -0.05) is 0 Å². The number of rotatable bonds is 3. The summed E-state index contributed by atoms with van der Waals surface area (Å²) >= 11 is 0. The summed E-state index contributed by atoms with van der Waals surface area (Å²) in [6, 6.07) is -0.422. The van der Waals surface area contributed by atoms with Gasteiger partial charge in [0.2, 0.25) is 11.8 Å². The molecule has 4 aliphatic carbocycles. The summed E-state index contributed by atoms with van der Waals surface area (Å²) in [6.45, 7) is 4.03. The molecule has 2 amide bonds. The van der Waals surface area contributed by atoms with Gasteiger partial charge in [-0.2, -0.15) is 0 Å². The summed E-state index contributed by atoms with van der Waals surface area (Å²) in [6.07, 6.45) is 9.17. The molecule has 0 spiro atoms. The van der Waals surface area contributed by atoms with Crippen LogP contribution in [0.2, 0.25) is 0 Å². The van der Waals surface area contributed by atoms with E-state index in [1.165, 1.54) is 19.3 Å². The highest BCUT2D eigenvalue weighted by atomic mass is 35.5. The van der Waals surface area contributed by atoms with Crippen molar-refractivity contribution in [2.75, 3.05) is 39.4 Å². The van der Waals surface area contributed by atoms with E-state index in [1.807, 2.05) is 4.90 Å². The summed E-state index contributed by atoms with van der Waals surface area (Å²) in [5.74, 6) is 3.05. The molecule has 6 nitrogen and oxygen atoms in total. The third kappa shape index (κ3) is 3.92. The number of amides is 2. The first kappa shape index (κ1) is 21.4. The molecule has 1 unspecified atom stereocenters. The Bertz CT molecular complexity index is 594. The molecule has 7 heteroatoms. The predicted octanol–water partition coefficient (Wildman–Crippen LogP) is 2.05. The predicted molar refractivity (Wildman–Crippen MR) is 113 cm³/mol. The molecule has 0 aromatic rings. The Morgan fingerprint density at radius 2 is 1.34 bits per heavy atom. The SMILES string of the molecule is Cl.NC(C(=O)N1CCN(C(=O)C23CC4CC(CC(C4)C2)C3)CC1)C1CCOCC1. The highest BCUT2D eigenvalue weighted by Gasteiger charge is 2.55. The number of hydrogen-bond acceptors (Lipinski definition) is 4. The van der Waals surface area contributed by atoms with Crippen LogP contribution in [0.3, 0.4) is 0 Å². The molecule has 0 aromatic carbocycles. The van der Waals surface area contributed by atoms with Crippen LogP contribution in [0.25, 0.3) is 0 Å². The van der Waals surface area contributed by atoms with Crippen molar-refractivity contribution in [2.45, 2.75) is 57.4 Å². The average molecular weight is 426 g/mol. The van der Waals surface area contributed by atoms with E-state index in [9.17, 15) is 9.59 Å². The zero-order valence-electron chi connectivity index (χ0n) is 17.4. The Balaban J connectivity index is 0.00000205. The molecule has 0 radical (unpaired) electrons. The molecule has 6 aliphatic rings. The van der Waals surface area contributed by atoms with Crippen LogP contribution in [-0.4, -0.2) is 67.0 Å². The summed E-state index contributed by atoms with van der Waals surface area (Å²) in [5.41, 5.74) is 6.22. The molecule has 0 aromatic heterocycles. The smallest absolute Gasteiger partial charge is 0.239 e. The molecular formula is C22H36ClN3O3. The maximum absolute atomic E-state index is 13.5. The number of carbonyl (C=O) groups excluding carboxylic acids is 2. The molecule has 2 heterocycles. The Hall–Kier alpha value is -0.850. The molecule has 2 saturated heterocycles. The van der Waals surface area contributed by atoms with E-state index in [-0.39, 0.29) is 29.6 Å². The van der Waals surface area contributed by atoms with Gasteiger partial charge in [0, 0.05) is 39.4 Å². The van der Waals surface area contributed by atoms with Gasteiger partial charge in [0.05, 0.1) is 11.5 Å². The van der Waals surface area contributed by atoms with Gasteiger partial charge < -0.3 is 20.3 Å². The van der Waals surface area contributed by atoms with Crippen LogP contribution >= 0.6 is 12.4 Å². The summed E-state index contributed by atoms with van der Waals surface area (Å²) < 4.78 is 5.39. The molecule has 2 N–H and O–H groups in total. The lowest BCUT2D eigenvalue weighted by atomic mass is 9.49. The van der Waals surface area contributed by atoms with Crippen molar-refractivity contribution in [1.29, 1.82) is 0 Å². The first-order chi connectivity index (χ1) is 13.5. The maximum atomic E-state index is 13.5. The topological polar surface area (TPSA) is 75.9 Å². The first-order valence-electron chi connectivity index (χ1n) is 11.5. The maximum Gasteiger partial charge on any atom is 0.239 e. The number of hydrogen-bond donors (Lipinski definition) is 1. The number of nitrogens with zero attached hydrogens (tertiary/aromatic N) is 2. The number of halogens is 1. The van der Waals surface area contributed by atoms with Crippen LogP contribution < -0.4 is 5.73 Å². The van der Waals surface area contributed by atoms with E-state index in [2.05, 4.69) is 4.90 Å². The molecule has 4 bridgehead atoms. The number of ether oxygens (including phenoxy) is 1. The van der Waals surface area contributed by atoms with Gasteiger partial charge in [0.25, 0.3) is 0 Å². The van der Waals surface area contributed by atoms with Gasteiger partial charge in [0.1, 0.15) is 0 Å². The monoisotopic (exact) mass is 425 g/mol. The van der Waals surface area contributed by atoms with Gasteiger partial charge in [0.15, 0.2) is 0 Å². The third-order valence-corrected chi connectivity index (χ3v) is 8.43. The zero-order chi connectivity index (χ0) is 19.3. The van der Waals surface area contributed by atoms with E-state index in [0.29, 0.717) is 45.3 Å². The van der Waals surface area contributed by atoms with Crippen molar-refractivity contribution in [3.63, 3.8) is 0 Å². The number of nitrogens with two attached hydrogens (primary N) is 1. The van der Waals surface area contributed by atoms with Crippen LogP contribution in [0.15, 0.2) is 0 Å². The van der Waals surface area contributed by atoms with Gasteiger partial charge in [-0.25, -0.2) is 0 Å². The van der Waals surface area contributed by atoms with E-state index in [4.69, 9.17) is 10.5 Å². The molecule has 164 valence electrons. The van der Waals surface area contributed by atoms with E-state index in [1.54, 1.807) is 0 Å². The summed E-state index contributed by atoms with van der Waals surface area (Å²) in [4.78, 5) is 30.3. The highest BCUT2D eigenvalue weighted by molar-refractivity contribution is 5.85. The Morgan fingerprint density at radius 3 is 1.86 bits per heavy atom. The average Bonchev–Trinajstić information content (AvgIpc) is 2.72. The standard InChI is InChI=1S/C22H35N3O3.ClH/c23-19(18-1-7-28-8-2-18)20(26)24-3-5-25(6-4-24)21(27)22-12-15-9-16(13-22)11-17(10-15)14-22;/h15-19H,1-14,23H2;1H. The molecule has 1 atom stereocenters. The van der Waals surface area contributed by atoms with Crippen LogP contribution in [0.4, 0.5) is 0 Å². The minimum absolute atomic E-state index is 0. The lowest BCUT2D eigenvalue weighted by Crippen LogP contribution is -2.60. The third-order valence-electron chi connectivity index (χ3n) is 8.43. The Labute approximate surface area is 180 Å². The van der Waals surface area contributed by atoms with Crippen molar-refractivity contribution in [1.82, 2.24) is 9.80 Å². The minimum Gasteiger partial charge on any atom is -0.381 e. The van der Waals surface area contributed by atoms with Gasteiger partial charge in [-0.3, -0.25) is 9.59 Å². The molecule has 4 saturated carbocycles. The molecule has 2 aliphatic heterocycles. The van der Waals surface area contributed by atoms with Crippen LogP contribution in [0.1, 0.15) is 51.4 Å². The fourth-order valence-electron chi connectivity index (χ4n) is 7.33. The molecule has 6 rings (SSSR count). The van der Waals surface area contributed by atoms with Crippen LogP contribution in [-0.2, 0) is 14.3 Å². The Morgan fingerprint density at radius 1 is 0.862 bits per heavy atom. The lowest BCUT2D eigenvalue weighted by molar-refractivity contribution is -0.160. The Kier molecular flexibility index (Phi) is 6.16. The number of piperazine rings is 1. The normalized spacial score (nSPS) is 37.9. The van der Waals surface area contributed by atoms with Crippen molar-refractivity contribution >= 4 is 24.2 Å². The minimum atomic E-state index is -0.422. The van der Waals surface area contributed by atoms with E-state index >= 15 is 0 Å². The largest absolute Gasteiger partial charge is 0.381 e. The summed E-state index contributed by atoms with van der Waals surface area (Å²) in [5, 5.41) is 0. The van der Waals surface area contributed by atoms with Gasteiger partial charge in [-0.05, 0) is 75.0 Å². The lowest BCUT2D eigenvalue weighted by Gasteiger charge is -2.57. The second-order valence-corrected chi connectivity index (χ2v) is 10.3. The highest BCUT2D eigenvalue weighted by Crippen LogP contribution is 2.60. The molecule has 6 fully saturated rings. The van der Waals surface area contributed by atoms with Crippen LogP contribution in [0.5, 0.6) is 0 Å². The molecule has 29 heavy (non-hydrogen) atoms. The fraction of sp³-hybridized carbons (Fsp3) is 0.909.